The molecule has 0 amide bonds. The number of aryl methyl sites for hydroxylation is 2. The molecule has 0 N–H and O–H groups in total. The molecule has 90 valence electrons. The van der Waals surface area contributed by atoms with Crippen molar-refractivity contribution >= 4 is 0 Å². The Kier molecular flexibility index (Phi) is 2.71. The van der Waals surface area contributed by atoms with Gasteiger partial charge < -0.3 is 9.13 Å². The van der Waals surface area contributed by atoms with E-state index in [-0.39, 0.29) is 0 Å². The van der Waals surface area contributed by atoms with Crippen molar-refractivity contribution in [3.05, 3.63) is 24.2 Å². The fourth-order valence-electron chi connectivity index (χ4n) is 2.54. The largest absolute Gasteiger partial charge is 0.348 e. The van der Waals surface area contributed by atoms with Crippen LogP contribution in [0.4, 0.5) is 0 Å². The zero-order valence-corrected chi connectivity index (χ0v) is 10.3. The number of nitrogens with zero attached hydrogens (tertiary/aromatic N) is 4. The third-order valence-electron chi connectivity index (χ3n) is 3.53. The van der Waals surface area contributed by atoms with Gasteiger partial charge in [-0.2, -0.15) is 0 Å². The number of hydrogen-bond acceptors (Lipinski definition) is 2. The SMILES string of the molecule is Cn1cccc1-c1nnc2n1CCCCCC2. The summed E-state index contributed by atoms with van der Waals surface area (Å²) in [4.78, 5) is 0. The van der Waals surface area contributed by atoms with Crippen LogP contribution in [0.2, 0.25) is 0 Å². The summed E-state index contributed by atoms with van der Waals surface area (Å²) in [6.45, 7) is 1.06. The smallest absolute Gasteiger partial charge is 0.180 e. The van der Waals surface area contributed by atoms with E-state index in [1.807, 2.05) is 0 Å². The van der Waals surface area contributed by atoms with Crippen molar-refractivity contribution in [2.24, 2.45) is 7.05 Å². The Morgan fingerprint density at radius 2 is 2.00 bits per heavy atom. The molecule has 0 radical (unpaired) electrons. The van der Waals surface area contributed by atoms with Crippen LogP contribution in [0.15, 0.2) is 18.3 Å². The van der Waals surface area contributed by atoms with E-state index in [0.717, 1.165) is 30.3 Å². The van der Waals surface area contributed by atoms with E-state index < -0.39 is 0 Å². The quantitative estimate of drug-likeness (QED) is 0.754. The summed E-state index contributed by atoms with van der Waals surface area (Å²) in [6.07, 6.45) is 8.25. The molecule has 0 fully saturated rings. The van der Waals surface area contributed by atoms with Gasteiger partial charge in [0, 0.05) is 26.2 Å². The van der Waals surface area contributed by atoms with Gasteiger partial charge in [0.2, 0.25) is 0 Å². The van der Waals surface area contributed by atoms with E-state index in [4.69, 9.17) is 0 Å². The Labute approximate surface area is 101 Å². The maximum Gasteiger partial charge on any atom is 0.180 e. The number of fused-ring (bicyclic) bond motifs is 1. The second-order valence-electron chi connectivity index (χ2n) is 4.76. The summed E-state index contributed by atoms with van der Waals surface area (Å²) in [6, 6.07) is 4.16. The lowest BCUT2D eigenvalue weighted by Crippen LogP contribution is -2.09. The highest BCUT2D eigenvalue weighted by Gasteiger charge is 2.16. The first-order chi connectivity index (χ1) is 8.36. The number of rotatable bonds is 1. The average molecular weight is 230 g/mol. The minimum absolute atomic E-state index is 1.02. The van der Waals surface area contributed by atoms with Crippen molar-refractivity contribution in [3.8, 4) is 11.5 Å². The molecule has 4 heteroatoms. The summed E-state index contributed by atoms with van der Waals surface area (Å²) in [5.41, 5.74) is 1.16. The number of hydrogen-bond donors (Lipinski definition) is 0. The van der Waals surface area contributed by atoms with Gasteiger partial charge in [-0.05, 0) is 25.0 Å². The van der Waals surface area contributed by atoms with Crippen LogP contribution in [0.25, 0.3) is 11.5 Å². The molecule has 17 heavy (non-hydrogen) atoms. The molecule has 0 spiro atoms. The van der Waals surface area contributed by atoms with E-state index in [2.05, 4.69) is 44.7 Å². The van der Waals surface area contributed by atoms with Crippen LogP contribution in [0.5, 0.6) is 0 Å². The first-order valence-electron chi connectivity index (χ1n) is 6.40. The zero-order chi connectivity index (χ0) is 11.7. The van der Waals surface area contributed by atoms with Gasteiger partial charge in [-0.1, -0.05) is 12.8 Å². The highest BCUT2D eigenvalue weighted by molar-refractivity contribution is 5.50. The molecule has 0 saturated carbocycles. The lowest BCUT2D eigenvalue weighted by Gasteiger charge is -2.13. The molecular weight excluding hydrogens is 212 g/mol. The van der Waals surface area contributed by atoms with Gasteiger partial charge >= 0.3 is 0 Å². The molecule has 4 nitrogen and oxygen atoms in total. The Bertz CT molecular complexity index is 509. The van der Waals surface area contributed by atoms with E-state index >= 15 is 0 Å². The van der Waals surface area contributed by atoms with Crippen LogP contribution in [-0.2, 0) is 20.0 Å². The molecule has 0 unspecified atom stereocenters. The van der Waals surface area contributed by atoms with Gasteiger partial charge in [-0.15, -0.1) is 10.2 Å². The minimum atomic E-state index is 1.02. The Hall–Kier alpha value is -1.58. The molecule has 0 aromatic carbocycles. The monoisotopic (exact) mass is 230 g/mol. The predicted octanol–water partition coefficient (Wildman–Crippen LogP) is 2.40. The molecule has 0 aliphatic carbocycles. The van der Waals surface area contributed by atoms with Gasteiger partial charge in [0.05, 0.1) is 5.69 Å². The Morgan fingerprint density at radius 1 is 1.12 bits per heavy atom. The van der Waals surface area contributed by atoms with E-state index in [1.54, 1.807) is 0 Å². The fraction of sp³-hybridized carbons (Fsp3) is 0.538. The molecule has 3 heterocycles. The van der Waals surface area contributed by atoms with Crippen molar-refractivity contribution in [2.75, 3.05) is 0 Å². The molecular formula is C13H18N4. The molecule has 2 aromatic heterocycles. The van der Waals surface area contributed by atoms with Gasteiger partial charge in [-0.3, -0.25) is 0 Å². The van der Waals surface area contributed by atoms with Crippen LogP contribution in [0.1, 0.15) is 31.5 Å². The van der Waals surface area contributed by atoms with Crippen LogP contribution < -0.4 is 0 Å². The van der Waals surface area contributed by atoms with E-state index in [1.165, 1.54) is 25.7 Å². The third-order valence-corrected chi connectivity index (χ3v) is 3.53. The van der Waals surface area contributed by atoms with Crippen molar-refractivity contribution in [2.45, 2.75) is 38.6 Å². The molecule has 0 saturated heterocycles. The normalized spacial score (nSPS) is 16.3. The number of aromatic nitrogens is 4. The van der Waals surface area contributed by atoms with Crippen LogP contribution >= 0.6 is 0 Å². The minimum Gasteiger partial charge on any atom is -0.348 e. The summed E-state index contributed by atoms with van der Waals surface area (Å²) in [5.74, 6) is 2.18. The average Bonchev–Trinajstić information content (AvgIpc) is 2.84. The highest BCUT2D eigenvalue weighted by atomic mass is 15.3. The summed E-state index contributed by atoms with van der Waals surface area (Å²) >= 11 is 0. The lowest BCUT2D eigenvalue weighted by atomic mass is 10.1. The summed E-state index contributed by atoms with van der Waals surface area (Å²) in [5, 5.41) is 8.73. The second kappa shape index (κ2) is 4.35. The molecule has 1 aliphatic rings. The standard InChI is InChI=1S/C13H18N4/c1-16-9-6-7-11(16)13-15-14-12-8-4-2-3-5-10-17(12)13/h6-7,9H,2-5,8,10H2,1H3. The van der Waals surface area contributed by atoms with Crippen LogP contribution in [0, 0.1) is 0 Å². The maximum atomic E-state index is 4.38. The Balaban J connectivity index is 2.04. The maximum absolute atomic E-state index is 4.38. The van der Waals surface area contributed by atoms with Crippen molar-refractivity contribution in [3.63, 3.8) is 0 Å². The summed E-state index contributed by atoms with van der Waals surface area (Å²) < 4.78 is 4.41. The van der Waals surface area contributed by atoms with Crippen molar-refractivity contribution < 1.29 is 0 Å². The van der Waals surface area contributed by atoms with Crippen molar-refractivity contribution in [1.82, 2.24) is 19.3 Å². The highest BCUT2D eigenvalue weighted by Crippen LogP contribution is 2.22. The van der Waals surface area contributed by atoms with Gasteiger partial charge in [0.25, 0.3) is 0 Å². The van der Waals surface area contributed by atoms with Gasteiger partial charge in [0.15, 0.2) is 5.82 Å². The first kappa shape index (κ1) is 10.6. The molecule has 0 atom stereocenters. The lowest BCUT2D eigenvalue weighted by molar-refractivity contribution is 0.518. The van der Waals surface area contributed by atoms with Crippen LogP contribution in [0.3, 0.4) is 0 Å². The Morgan fingerprint density at radius 3 is 2.82 bits per heavy atom. The van der Waals surface area contributed by atoms with Gasteiger partial charge in [-0.25, -0.2) is 0 Å². The molecule has 2 aromatic rings. The topological polar surface area (TPSA) is 35.6 Å². The van der Waals surface area contributed by atoms with Crippen LogP contribution in [-0.4, -0.2) is 19.3 Å². The fourth-order valence-corrected chi connectivity index (χ4v) is 2.54. The molecule has 3 rings (SSSR count). The van der Waals surface area contributed by atoms with E-state index in [0.29, 0.717) is 0 Å². The summed E-state index contributed by atoms with van der Waals surface area (Å²) in [7, 11) is 2.06. The van der Waals surface area contributed by atoms with E-state index in [9.17, 15) is 0 Å². The third kappa shape index (κ3) is 1.88. The predicted molar refractivity (Wildman–Crippen MR) is 66.6 cm³/mol. The zero-order valence-electron chi connectivity index (χ0n) is 10.3. The first-order valence-corrected chi connectivity index (χ1v) is 6.40. The van der Waals surface area contributed by atoms with Crippen molar-refractivity contribution in [1.29, 1.82) is 0 Å². The molecule has 0 bridgehead atoms. The van der Waals surface area contributed by atoms with Gasteiger partial charge in [0.1, 0.15) is 5.82 Å². The molecule has 1 aliphatic heterocycles. The second-order valence-corrected chi connectivity index (χ2v) is 4.76.